The zero-order valence-electron chi connectivity index (χ0n) is 9.18. The highest BCUT2D eigenvalue weighted by molar-refractivity contribution is 7.73. The Labute approximate surface area is 107 Å². The zero-order valence-corrected chi connectivity index (χ0v) is 10.8. The lowest BCUT2D eigenvalue weighted by molar-refractivity contribution is -0.567. The van der Waals surface area contributed by atoms with Gasteiger partial charge in [0.05, 0.1) is 0 Å². The van der Waals surface area contributed by atoms with E-state index in [9.17, 15) is 0 Å². The van der Waals surface area contributed by atoms with Gasteiger partial charge in [0.1, 0.15) is 0 Å². The number of nitrogens with one attached hydrogen (secondary N) is 1. The summed E-state index contributed by atoms with van der Waals surface area (Å²) in [4.78, 5) is 5.36. The third-order valence-electron chi connectivity index (χ3n) is 2.51. The van der Waals surface area contributed by atoms with Gasteiger partial charge in [0.25, 0.3) is 0 Å². The van der Waals surface area contributed by atoms with Crippen molar-refractivity contribution in [3.05, 3.63) is 46.0 Å². The van der Waals surface area contributed by atoms with Crippen molar-refractivity contribution < 1.29 is 4.52 Å². The smallest absolute Gasteiger partial charge is 0.201 e. The molecule has 0 bridgehead atoms. The molecule has 0 saturated heterocycles. The molecule has 3 aromatic rings. The van der Waals surface area contributed by atoms with Crippen LogP contribution in [0.3, 0.4) is 0 Å². The molecular weight excluding hydrogens is 250 g/mol. The van der Waals surface area contributed by atoms with Crippen LogP contribution in [0.25, 0.3) is 16.2 Å². The lowest BCUT2D eigenvalue weighted by atomic mass is 10.1. The van der Waals surface area contributed by atoms with Gasteiger partial charge in [-0.15, -0.1) is 4.52 Å². The van der Waals surface area contributed by atoms with Crippen LogP contribution in [0.2, 0.25) is 0 Å². The third-order valence-corrected chi connectivity index (χ3v) is 3.58. The maximum absolute atomic E-state index is 5.17. The summed E-state index contributed by atoms with van der Waals surface area (Å²) < 4.78 is 2.68. The molecule has 0 atom stereocenters. The van der Waals surface area contributed by atoms with Crippen molar-refractivity contribution >= 4 is 28.5 Å². The van der Waals surface area contributed by atoms with E-state index in [-0.39, 0.29) is 0 Å². The van der Waals surface area contributed by atoms with Crippen LogP contribution in [0.15, 0.2) is 36.4 Å². The Hall–Kier alpha value is -1.59. The molecule has 3 rings (SSSR count). The van der Waals surface area contributed by atoms with Gasteiger partial charge in [-0.05, 0) is 28.5 Å². The molecule has 17 heavy (non-hydrogen) atoms. The van der Waals surface area contributed by atoms with Crippen LogP contribution in [0.5, 0.6) is 0 Å². The molecule has 0 radical (unpaired) electrons. The Morgan fingerprint density at radius 3 is 2.82 bits per heavy atom. The second-order valence-corrected chi connectivity index (χ2v) is 5.41. The molecule has 1 N–H and O–H groups in total. The number of hydrogen-bond donors (Lipinski definition) is 1. The second-order valence-electron chi connectivity index (χ2n) is 3.77. The lowest BCUT2D eigenvalue weighted by Gasteiger charge is -1.98. The van der Waals surface area contributed by atoms with Gasteiger partial charge in [-0.3, -0.25) is 0 Å². The van der Waals surface area contributed by atoms with Crippen LogP contribution in [0.4, 0.5) is 0 Å². The summed E-state index contributed by atoms with van der Waals surface area (Å²) in [7, 11) is 0. The molecule has 2 aromatic heterocycles. The molecule has 0 spiro atoms. The Balaban J connectivity index is 2.39. The topological polar surface area (TPSA) is 32.8 Å². The van der Waals surface area contributed by atoms with Crippen LogP contribution in [-0.4, -0.2) is 10.1 Å². The standard InChI is InChI=1S/C12H9N3S2/c1-8-7-10(9-5-3-2-4-6-9)15-11(13-8)17-12(16)14-15/h2-7H,1H3/p+1. The quantitative estimate of drug-likeness (QED) is 0.539. The van der Waals surface area contributed by atoms with Crippen molar-refractivity contribution in [1.29, 1.82) is 0 Å². The van der Waals surface area contributed by atoms with Gasteiger partial charge < -0.3 is 0 Å². The molecule has 3 nitrogen and oxygen atoms in total. The monoisotopic (exact) mass is 260 g/mol. The van der Waals surface area contributed by atoms with Crippen LogP contribution in [0, 0.1) is 10.9 Å². The molecule has 0 amide bonds. The van der Waals surface area contributed by atoms with E-state index in [0.29, 0.717) is 0 Å². The summed E-state index contributed by atoms with van der Waals surface area (Å²) in [5.74, 6) is 0. The molecule has 0 unspecified atom stereocenters. The molecule has 84 valence electrons. The fraction of sp³-hybridized carbons (Fsp3) is 0.0833. The van der Waals surface area contributed by atoms with Crippen molar-refractivity contribution in [2.45, 2.75) is 6.92 Å². The minimum absolute atomic E-state index is 0.736. The zero-order chi connectivity index (χ0) is 11.8. The summed E-state index contributed by atoms with van der Waals surface area (Å²) in [6, 6.07) is 12.3. The molecule has 5 heteroatoms. The Kier molecular flexibility index (Phi) is 2.49. The largest absolute Gasteiger partial charge is 0.409 e. The number of hydrogen-bond acceptors (Lipinski definition) is 3. The molecule has 0 saturated carbocycles. The SMILES string of the molecule is Cc1cc(-c2ccccc2)[n+]2[nH]c(=S)sc2n1. The van der Waals surface area contributed by atoms with E-state index >= 15 is 0 Å². The normalized spacial score (nSPS) is 10.9. The van der Waals surface area contributed by atoms with Gasteiger partial charge in [-0.2, -0.15) is 0 Å². The Bertz CT molecular complexity index is 728. The first-order valence-corrected chi connectivity index (χ1v) is 6.44. The highest BCUT2D eigenvalue weighted by Crippen LogP contribution is 2.17. The van der Waals surface area contributed by atoms with Crippen LogP contribution in [0.1, 0.15) is 5.69 Å². The summed E-state index contributed by atoms with van der Waals surface area (Å²) in [5, 5.41) is 3.14. The predicted molar refractivity (Wildman–Crippen MR) is 70.6 cm³/mol. The summed E-state index contributed by atoms with van der Waals surface area (Å²) in [5.41, 5.74) is 3.23. The number of H-pyrrole nitrogens is 1. The second kappa shape index (κ2) is 4.01. The molecule has 0 aliphatic carbocycles. The van der Waals surface area contributed by atoms with Gasteiger partial charge in [0.15, 0.2) is 15.3 Å². The summed E-state index contributed by atoms with van der Waals surface area (Å²) >= 11 is 6.65. The number of aromatic amines is 1. The highest BCUT2D eigenvalue weighted by atomic mass is 32.1. The number of aryl methyl sites for hydroxylation is 1. The first-order chi connectivity index (χ1) is 8.24. The van der Waals surface area contributed by atoms with E-state index in [2.05, 4.69) is 28.3 Å². The first-order valence-electron chi connectivity index (χ1n) is 5.22. The molecule has 0 fully saturated rings. The number of benzene rings is 1. The van der Waals surface area contributed by atoms with Crippen molar-refractivity contribution in [2.75, 3.05) is 0 Å². The summed E-state index contributed by atoms with van der Waals surface area (Å²) in [6.07, 6.45) is 0. The van der Waals surface area contributed by atoms with Gasteiger partial charge in [-0.25, -0.2) is 5.10 Å². The van der Waals surface area contributed by atoms with E-state index < -0.39 is 0 Å². The number of nitrogens with zero attached hydrogens (tertiary/aromatic N) is 2. The number of aromatic nitrogens is 3. The minimum atomic E-state index is 0.736. The lowest BCUT2D eigenvalue weighted by Crippen LogP contribution is -2.27. The molecule has 1 aromatic carbocycles. The van der Waals surface area contributed by atoms with Crippen molar-refractivity contribution in [1.82, 2.24) is 10.1 Å². The van der Waals surface area contributed by atoms with Gasteiger partial charge in [-0.1, -0.05) is 30.3 Å². The third kappa shape index (κ3) is 1.87. The fourth-order valence-corrected chi connectivity index (χ4v) is 2.84. The van der Waals surface area contributed by atoms with Crippen LogP contribution >= 0.6 is 23.6 Å². The van der Waals surface area contributed by atoms with Crippen molar-refractivity contribution in [3.8, 4) is 11.3 Å². The van der Waals surface area contributed by atoms with Gasteiger partial charge in [0, 0.05) is 18.6 Å². The van der Waals surface area contributed by atoms with E-state index in [1.54, 1.807) is 0 Å². The maximum atomic E-state index is 5.17. The Morgan fingerprint density at radius 1 is 1.29 bits per heavy atom. The van der Waals surface area contributed by atoms with E-state index in [1.807, 2.05) is 29.6 Å². The van der Waals surface area contributed by atoms with E-state index in [0.717, 1.165) is 25.9 Å². The van der Waals surface area contributed by atoms with Gasteiger partial charge in [0.2, 0.25) is 0 Å². The molecule has 2 heterocycles. The number of rotatable bonds is 1. The van der Waals surface area contributed by atoms with Crippen molar-refractivity contribution in [2.24, 2.45) is 0 Å². The average Bonchev–Trinajstić information content (AvgIpc) is 2.69. The number of fused-ring (bicyclic) bond motifs is 1. The molecular formula is C12H10N3S2+. The first kappa shape index (κ1) is 10.6. The molecule has 0 aliphatic rings. The van der Waals surface area contributed by atoms with E-state index in [4.69, 9.17) is 12.2 Å². The van der Waals surface area contributed by atoms with Crippen LogP contribution in [-0.2, 0) is 0 Å². The Morgan fingerprint density at radius 2 is 2.06 bits per heavy atom. The predicted octanol–water partition coefficient (Wildman–Crippen LogP) is 2.91. The molecule has 0 aliphatic heterocycles. The van der Waals surface area contributed by atoms with Crippen LogP contribution < -0.4 is 4.52 Å². The fourth-order valence-electron chi connectivity index (χ4n) is 1.79. The summed E-state index contributed by atoms with van der Waals surface area (Å²) in [6.45, 7) is 2.00. The van der Waals surface area contributed by atoms with E-state index in [1.165, 1.54) is 11.3 Å². The average molecular weight is 260 g/mol. The highest BCUT2D eigenvalue weighted by Gasteiger charge is 2.16. The minimum Gasteiger partial charge on any atom is -0.201 e. The van der Waals surface area contributed by atoms with Gasteiger partial charge >= 0.3 is 4.96 Å². The van der Waals surface area contributed by atoms with Crippen molar-refractivity contribution in [3.63, 3.8) is 0 Å². The maximum Gasteiger partial charge on any atom is 0.409 e.